The highest BCUT2D eigenvalue weighted by molar-refractivity contribution is 6.03. The van der Waals surface area contributed by atoms with Crippen molar-refractivity contribution in [2.75, 3.05) is 23.9 Å². The molecule has 0 saturated heterocycles. The summed E-state index contributed by atoms with van der Waals surface area (Å²) in [4.78, 5) is 54.0. The summed E-state index contributed by atoms with van der Waals surface area (Å²) in [5.41, 5.74) is 4.95. The zero-order valence-corrected chi connectivity index (χ0v) is 28.9. The van der Waals surface area contributed by atoms with E-state index < -0.39 is 12.1 Å². The van der Waals surface area contributed by atoms with Crippen LogP contribution in [0, 0.1) is 11.8 Å². The molecule has 0 bridgehead atoms. The first kappa shape index (κ1) is 33.2. The Morgan fingerprint density at radius 2 is 1.12 bits per heavy atom. The average molecular weight is 685 g/mol. The lowest BCUT2D eigenvalue weighted by Crippen LogP contribution is -2.47. The Morgan fingerprint density at radius 1 is 0.700 bits per heavy atom. The number of anilines is 2. The highest BCUT2D eigenvalue weighted by Gasteiger charge is 2.34. The molecule has 16 nitrogen and oxygen atoms in total. The van der Waals surface area contributed by atoms with E-state index in [0.29, 0.717) is 49.2 Å². The van der Waals surface area contributed by atoms with Gasteiger partial charge >= 0.3 is 0 Å². The topological polar surface area (TPSA) is 192 Å². The molecule has 0 radical (unpaired) electrons. The standard InChI is InChI=1S/2C17H22N6O2/c2*1-10-3-4-12-11(9-10)15(21-20-12)16(24)19-13-6-8-23-14(5-7-18-23)22(2)17(13)25/h2*5,7,10,13H,3-4,6,8-9H2,1-2H3,(H,19,24)(H,20,21)/t10-,13+;10-,13-/m10/s1. The predicted molar refractivity (Wildman–Crippen MR) is 183 cm³/mol. The maximum Gasteiger partial charge on any atom is 0.272 e. The van der Waals surface area contributed by atoms with Gasteiger partial charge in [0.05, 0.1) is 12.4 Å². The molecule has 4 atom stereocenters. The zero-order chi connectivity index (χ0) is 35.1. The molecule has 0 aromatic carbocycles. The largest absolute Gasteiger partial charge is 0.339 e. The first-order valence-electron chi connectivity index (χ1n) is 17.4. The summed E-state index contributed by atoms with van der Waals surface area (Å²) >= 11 is 0. The van der Waals surface area contributed by atoms with E-state index in [0.717, 1.165) is 72.7 Å². The summed E-state index contributed by atoms with van der Waals surface area (Å²) in [6.07, 6.45) is 10.1. The van der Waals surface area contributed by atoms with Crippen molar-refractivity contribution in [3.05, 3.63) is 58.4 Å². The quantitative estimate of drug-likeness (QED) is 0.250. The zero-order valence-electron chi connectivity index (χ0n) is 28.9. The van der Waals surface area contributed by atoms with E-state index in [1.165, 1.54) is 0 Å². The Bertz CT molecular complexity index is 1780. The number of aromatic amines is 2. The Balaban J connectivity index is 0.000000157. The number of hydrogen-bond acceptors (Lipinski definition) is 8. The van der Waals surface area contributed by atoms with Gasteiger partial charge in [-0.05, 0) is 63.2 Å². The molecule has 6 heterocycles. The third-order valence-corrected chi connectivity index (χ3v) is 10.4. The second-order valence-electron chi connectivity index (χ2n) is 14.0. The predicted octanol–water partition coefficient (Wildman–Crippen LogP) is 1.79. The Labute approximate surface area is 289 Å². The van der Waals surface area contributed by atoms with E-state index in [1.54, 1.807) is 57.8 Å². The van der Waals surface area contributed by atoms with Crippen LogP contribution in [0.3, 0.4) is 0 Å². The maximum absolute atomic E-state index is 12.7. The fourth-order valence-electron chi connectivity index (χ4n) is 7.44. The number of fused-ring (bicyclic) bond motifs is 4. The molecule has 2 aliphatic carbocycles. The van der Waals surface area contributed by atoms with Crippen LogP contribution in [0.2, 0.25) is 0 Å². The van der Waals surface area contributed by atoms with Crippen molar-refractivity contribution in [3.63, 3.8) is 0 Å². The molecule has 4 aliphatic rings. The van der Waals surface area contributed by atoms with Crippen LogP contribution in [0.1, 0.15) is 83.0 Å². The molecule has 4 aromatic rings. The molecular formula is C34H44N12O4. The van der Waals surface area contributed by atoms with Gasteiger partial charge in [-0.3, -0.25) is 39.2 Å². The number of nitrogens with zero attached hydrogens (tertiary/aromatic N) is 8. The summed E-state index contributed by atoms with van der Waals surface area (Å²) in [6, 6.07) is 2.45. The van der Waals surface area contributed by atoms with Crippen LogP contribution >= 0.6 is 0 Å². The summed E-state index contributed by atoms with van der Waals surface area (Å²) in [5, 5.41) is 28.6. The van der Waals surface area contributed by atoms with E-state index in [-0.39, 0.29) is 23.6 Å². The highest BCUT2D eigenvalue weighted by atomic mass is 16.2. The second-order valence-corrected chi connectivity index (χ2v) is 14.0. The smallest absolute Gasteiger partial charge is 0.272 e. The van der Waals surface area contributed by atoms with Crippen molar-refractivity contribution in [2.24, 2.45) is 11.8 Å². The summed E-state index contributed by atoms with van der Waals surface area (Å²) in [7, 11) is 3.41. The monoisotopic (exact) mass is 684 g/mol. The van der Waals surface area contributed by atoms with Crippen LogP contribution in [-0.2, 0) is 48.4 Å². The molecule has 264 valence electrons. The minimum atomic E-state index is -0.576. The van der Waals surface area contributed by atoms with E-state index in [4.69, 9.17) is 0 Å². The molecule has 4 N–H and O–H groups in total. The van der Waals surface area contributed by atoms with Gasteiger partial charge in [-0.2, -0.15) is 20.4 Å². The number of amides is 4. The number of rotatable bonds is 4. The Kier molecular flexibility index (Phi) is 9.01. The van der Waals surface area contributed by atoms with Crippen molar-refractivity contribution in [3.8, 4) is 0 Å². The molecule has 0 fully saturated rings. The van der Waals surface area contributed by atoms with E-state index in [9.17, 15) is 19.2 Å². The maximum atomic E-state index is 12.7. The molecule has 0 spiro atoms. The SMILES string of the molecule is C[C@@H]1CCc2[nH]nc(C(=O)N[C@H]3CCn4nccc4N(C)C3=O)c2C1.C[C@H]1CCc2[nH]nc(C(=O)N[C@H]3CCn4nccc4N(C)C3=O)c2C1. The minimum absolute atomic E-state index is 0.134. The minimum Gasteiger partial charge on any atom is -0.339 e. The molecule has 8 rings (SSSR count). The van der Waals surface area contributed by atoms with Crippen LogP contribution in [0.15, 0.2) is 24.5 Å². The van der Waals surface area contributed by atoms with Crippen LogP contribution in [0.4, 0.5) is 11.6 Å². The lowest BCUT2D eigenvalue weighted by atomic mass is 9.87. The molecule has 2 aliphatic heterocycles. The number of aromatic nitrogens is 8. The van der Waals surface area contributed by atoms with Gasteiger partial charge in [0.15, 0.2) is 11.4 Å². The second kappa shape index (κ2) is 13.6. The Hall–Kier alpha value is -5.28. The molecule has 16 heteroatoms. The number of H-pyrrole nitrogens is 2. The van der Waals surface area contributed by atoms with E-state index >= 15 is 0 Å². The fraction of sp³-hybridized carbons (Fsp3) is 0.529. The number of nitrogens with one attached hydrogen (secondary N) is 4. The molecule has 50 heavy (non-hydrogen) atoms. The van der Waals surface area contributed by atoms with Crippen molar-refractivity contribution >= 4 is 35.3 Å². The van der Waals surface area contributed by atoms with Gasteiger partial charge in [0.1, 0.15) is 23.7 Å². The lowest BCUT2D eigenvalue weighted by molar-refractivity contribution is -0.120. The van der Waals surface area contributed by atoms with Crippen LogP contribution in [0.5, 0.6) is 0 Å². The van der Waals surface area contributed by atoms with E-state index in [1.807, 2.05) is 0 Å². The lowest BCUT2D eigenvalue weighted by Gasteiger charge is -2.21. The first-order valence-corrected chi connectivity index (χ1v) is 17.4. The number of carbonyl (C=O) groups excluding carboxylic acids is 4. The molecule has 4 aromatic heterocycles. The van der Waals surface area contributed by atoms with Crippen LogP contribution in [0.25, 0.3) is 0 Å². The van der Waals surface area contributed by atoms with Gasteiger partial charge in [0.25, 0.3) is 23.6 Å². The number of likely N-dealkylation sites (N-methyl/N-ethyl adjacent to an activating group) is 2. The van der Waals surface area contributed by atoms with Gasteiger partial charge in [0.2, 0.25) is 0 Å². The number of carbonyl (C=O) groups is 4. The van der Waals surface area contributed by atoms with Crippen molar-refractivity contribution < 1.29 is 19.2 Å². The third-order valence-electron chi connectivity index (χ3n) is 10.4. The molecule has 0 unspecified atom stereocenters. The van der Waals surface area contributed by atoms with Gasteiger partial charge in [-0.15, -0.1) is 0 Å². The van der Waals surface area contributed by atoms with Crippen molar-refractivity contribution in [1.82, 2.24) is 50.6 Å². The van der Waals surface area contributed by atoms with Crippen molar-refractivity contribution in [1.29, 1.82) is 0 Å². The van der Waals surface area contributed by atoms with Crippen molar-refractivity contribution in [2.45, 2.75) is 90.4 Å². The van der Waals surface area contributed by atoms with Gasteiger partial charge in [-0.25, -0.2) is 9.36 Å². The highest BCUT2D eigenvalue weighted by Crippen LogP contribution is 2.28. The van der Waals surface area contributed by atoms with Gasteiger partial charge < -0.3 is 10.6 Å². The molecular weight excluding hydrogens is 640 g/mol. The fourth-order valence-corrected chi connectivity index (χ4v) is 7.44. The normalized spacial score (nSPS) is 23.0. The summed E-state index contributed by atoms with van der Waals surface area (Å²) in [5.74, 6) is 1.74. The van der Waals surface area contributed by atoms with Gasteiger partial charge in [-0.1, -0.05) is 13.8 Å². The van der Waals surface area contributed by atoms with Crippen LogP contribution < -0.4 is 20.4 Å². The van der Waals surface area contributed by atoms with E-state index in [2.05, 4.69) is 55.1 Å². The molecule has 4 amide bonds. The molecule has 0 saturated carbocycles. The summed E-state index contributed by atoms with van der Waals surface area (Å²) < 4.78 is 3.56. The average Bonchev–Trinajstić information content (AvgIpc) is 3.91. The summed E-state index contributed by atoms with van der Waals surface area (Å²) in [6.45, 7) is 5.53. The third kappa shape index (κ3) is 6.29. The number of aryl methyl sites for hydroxylation is 4. The Morgan fingerprint density at radius 3 is 1.54 bits per heavy atom. The van der Waals surface area contributed by atoms with Crippen LogP contribution in [-0.4, -0.2) is 89.8 Å². The van der Waals surface area contributed by atoms with Gasteiger partial charge in [0, 0.05) is 61.8 Å². The first-order chi connectivity index (χ1) is 24.1. The number of hydrogen-bond donors (Lipinski definition) is 4.